The second-order valence-electron chi connectivity index (χ2n) is 7.26. The number of nitrogens with one attached hydrogen (secondary N) is 1. The van der Waals surface area contributed by atoms with Crippen molar-refractivity contribution in [1.29, 1.82) is 0 Å². The van der Waals surface area contributed by atoms with E-state index in [1.807, 2.05) is 46.9 Å². The van der Waals surface area contributed by atoms with Gasteiger partial charge in [-0.2, -0.15) is 0 Å². The van der Waals surface area contributed by atoms with E-state index in [2.05, 4.69) is 37.9 Å². The fourth-order valence-electron chi connectivity index (χ4n) is 3.13. The van der Waals surface area contributed by atoms with Gasteiger partial charge in [0.2, 0.25) is 5.91 Å². The van der Waals surface area contributed by atoms with Gasteiger partial charge < -0.3 is 10.1 Å². The summed E-state index contributed by atoms with van der Waals surface area (Å²) >= 11 is 0. The van der Waals surface area contributed by atoms with E-state index in [0.717, 1.165) is 48.4 Å². The molecule has 0 bridgehead atoms. The number of carbonyl (C=O) groups is 1. The number of unbranched alkanes of at least 4 members (excludes halogenated alkanes) is 2. The monoisotopic (exact) mass is 408 g/mol. The van der Waals surface area contributed by atoms with E-state index in [0.29, 0.717) is 0 Å². The highest BCUT2D eigenvalue weighted by molar-refractivity contribution is 5.96. The third-order valence-electron chi connectivity index (χ3n) is 4.67. The molecule has 0 aliphatic heterocycles. The second kappa shape index (κ2) is 18.5. The van der Waals surface area contributed by atoms with E-state index in [-0.39, 0.29) is 11.9 Å². The average molecular weight is 409 g/mol. The molecule has 0 saturated carbocycles. The lowest BCUT2D eigenvalue weighted by Crippen LogP contribution is -2.42. The van der Waals surface area contributed by atoms with Crippen LogP contribution in [0.1, 0.15) is 91.2 Å². The number of hydrogen-bond donors (Lipinski definition) is 1. The van der Waals surface area contributed by atoms with Crippen molar-refractivity contribution >= 4 is 11.6 Å². The molecule has 1 aromatic carbocycles. The minimum Gasteiger partial charge on any atom is -0.497 e. The predicted molar refractivity (Wildman–Crippen MR) is 129 cm³/mol. The number of anilines is 1. The van der Waals surface area contributed by atoms with E-state index in [1.54, 1.807) is 7.11 Å². The van der Waals surface area contributed by atoms with Gasteiger partial charge in [0.1, 0.15) is 5.75 Å². The topological polar surface area (TPSA) is 41.6 Å². The number of hydrogen-bond acceptors (Lipinski definition) is 3. The number of methoxy groups -OCH3 is 1. The van der Waals surface area contributed by atoms with Crippen molar-refractivity contribution in [3.05, 3.63) is 23.3 Å². The van der Waals surface area contributed by atoms with Gasteiger partial charge in [-0.25, -0.2) is 0 Å². The third-order valence-corrected chi connectivity index (χ3v) is 4.67. The Bertz CT molecular complexity index is 519. The molecule has 0 heterocycles. The third kappa shape index (κ3) is 11.9. The van der Waals surface area contributed by atoms with Crippen molar-refractivity contribution in [3.63, 3.8) is 0 Å². The minimum absolute atomic E-state index is 0.0779. The molecule has 0 aromatic heterocycles. The molecule has 1 rings (SSSR count). The quantitative estimate of drug-likeness (QED) is 0.454. The summed E-state index contributed by atoms with van der Waals surface area (Å²) in [6, 6.07) is 3.83. The highest BCUT2D eigenvalue weighted by Crippen LogP contribution is 2.26. The van der Waals surface area contributed by atoms with Crippen molar-refractivity contribution in [2.75, 3.05) is 26.0 Å². The van der Waals surface area contributed by atoms with Gasteiger partial charge in [-0.1, -0.05) is 67.2 Å². The smallest absolute Gasteiger partial charge is 0.241 e. The molecule has 1 atom stereocenters. The van der Waals surface area contributed by atoms with Crippen molar-refractivity contribution in [2.45, 2.75) is 100.0 Å². The number of rotatable bonds is 10. The fourth-order valence-corrected chi connectivity index (χ4v) is 3.13. The lowest BCUT2D eigenvalue weighted by molar-refractivity contribution is -0.121. The van der Waals surface area contributed by atoms with E-state index in [4.69, 9.17) is 4.74 Å². The van der Waals surface area contributed by atoms with E-state index in [9.17, 15) is 4.79 Å². The minimum atomic E-state index is -0.0779. The first-order valence-corrected chi connectivity index (χ1v) is 11.5. The zero-order chi connectivity index (χ0) is 22.8. The molecule has 29 heavy (non-hydrogen) atoms. The maximum atomic E-state index is 12.7. The van der Waals surface area contributed by atoms with Crippen LogP contribution in [0.2, 0.25) is 0 Å². The summed E-state index contributed by atoms with van der Waals surface area (Å²) in [5.41, 5.74) is 2.95. The summed E-state index contributed by atoms with van der Waals surface area (Å²) in [6.45, 7) is 17.6. The number of carbonyl (C=O) groups excluding carboxylic acids is 1. The first kappa shape index (κ1) is 29.6. The van der Waals surface area contributed by atoms with Crippen LogP contribution in [0.5, 0.6) is 5.75 Å². The highest BCUT2D eigenvalue weighted by atomic mass is 16.5. The van der Waals surface area contributed by atoms with Crippen molar-refractivity contribution in [2.24, 2.45) is 0 Å². The Morgan fingerprint density at radius 3 is 1.86 bits per heavy atom. The number of nitrogens with zero attached hydrogens (tertiary/aromatic N) is 1. The molecule has 1 N–H and O–H groups in total. The Morgan fingerprint density at radius 2 is 1.52 bits per heavy atom. The Balaban J connectivity index is 0. The number of amides is 1. The molecule has 0 saturated heterocycles. The molecule has 0 radical (unpaired) electrons. The van der Waals surface area contributed by atoms with Crippen LogP contribution >= 0.6 is 0 Å². The van der Waals surface area contributed by atoms with Gasteiger partial charge in [0.15, 0.2) is 0 Å². The van der Waals surface area contributed by atoms with Gasteiger partial charge in [0.25, 0.3) is 0 Å². The molecule has 0 aliphatic rings. The summed E-state index contributed by atoms with van der Waals surface area (Å²) < 4.78 is 5.27. The Hall–Kier alpha value is -1.55. The zero-order valence-electron chi connectivity index (χ0n) is 20.9. The predicted octanol–water partition coefficient (Wildman–Crippen LogP) is 6.98. The molecule has 170 valence electrons. The standard InChI is InChI=1S/C18H30N2O2.C5H12.C2H6/c1-7-9-16(20(5)10-8-2)18(21)19-17-13(3)11-15(22-6)12-14(17)4;1-3-5-4-2;1-2/h11-12,16H,7-10H2,1-6H3,(H,19,21);3-5H2,1-2H3;1-2H3. The molecular weight excluding hydrogens is 360 g/mol. The first-order chi connectivity index (χ1) is 13.9. The highest BCUT2D eigenvalue weighted by Gasteiger charge is 2.23. The number of likely N-dealkylation sites (N-methyl/N-ethyl adjacent to an activating group) is 1. The molecule has 1 aromatic rings. The van der Waals surface area contributed by atoms with Crippen LogP contribution < -0.4 is 10.1 Å². The van der Waals surface area contributed by atoms with Crippen LogP contribution in [-0.2, 0) is 4.79 Å². The van der Waals surface area contributed by atoms with Crippen LogP contribution in [0.4, 0.5) is 5.69 Å². The fraction of sp³-hybridized carbons (Fsp3) is 0.720. The van der Waals surface area contributed by atoms with Crippen LogP contribution in [0.25, 0.3) is 0 Å². The number of aryl methyl sites for hydroxylation is 2. The van der Waals surface area contributed by atoms with E-state index >= 15 is 0 Å². The van der Waals surface area contributed by atoms with Gasteiger partial charge in [-0.3, -0.25) is 9.69 Å². The van der Waals surface area contributed by atoms with Crippen molar-refractivity contribution in [3.8, 4) is 5.75 Å². The molecule has 0 spiro atoms. The van der Waals surface area contributed by atoms with Crippen LogP contribution in [0.15, 0.2) is 12.1 Å². The molecule has 4 nitrogen and oxygen atoms in total. The molecule has 1 amide bonds. The molecule has 0 fully saturated rings. The largest absolute Gasteiger partial charge is 0.497 e. The SMILES string of the molecule is CC.CCCC(C(=O)Nc1c(C)cc(OC)cc1C)N(C)CCC.CCCCC. The summed E-state index contributed by atoms with van der Waals surface area (Å²) in [4.78, 5) is 14.8. The summed E-state index contributed by atoms with van der Waals surface area (Å²) in [5.74, 6) is 0.898. The van der Waals surface area contributed by atoms with Crippen LogP contribution in [-0.4, -0.2) is 37.6 Å². The summed E-state index contributed by atoms with van der Waals surface area (Å²) in [7, 11) is 3.68. The average Bonchev–Trinajstić information content (AvgIpc) is 2.71. The van der Waals surface area contributed by atoms with Crippen molar-refractivity contribution in [1.82, 2.24) is 4.90 Å². The molecule has 1 unspecified atom stereocenters. The second-order valence-corrected chi connectivity index (χ2v) is 7.26. The van der Waals surface area contributed by atoms with Gasteiger partial charge in [-0.15, -0.1) is 0 Å². The zero-order valence-corrected chi connectivity index (χ0v) is 20.9. The van der Waals surface area contributed by atoms with E-state index < -0.39 is 0 Å². The maximum Gasteiger partial charge on any atom is 0.241 e. The molecular formula is C25H48N2O2. The first-order valence-electron chi connectivity index (χ1n) is 11.5. The maximum absolute atomic E-state index is 12.7. The lowest BCUT2D eigenvalue weighted by Gasteiger charge is -2.27. The van der Waals surface area contributed by atoms with Crippen LogP contribution in [0, 0.1) is 13.8 Å². The Morgan fingerprint density at radius 1 is 1.00 bits per heavy atom. The van der Waals surface area contributed by atoms with Gasteiger partial charge in [-0.05, 0) is 63.5 Å². The normalized spacial score (nSPS) is 11.0. The summed E-state index contributed by atoms with van der Waals surface area (Å²) in [5, 5.41) is 3.12. The van der Waals surface area contributed by atoms with Gasteiger partial charge >= 0.3 is 0 Å². The van der Waals surface area contributed by atoms with Crippen LogP contribution in [0.3, 0.4) is 0 Å². The van der Waals surface area contributed by atoms with Crippen molar-refractivity contribution < 1.29 is 9.53 Å². The summed E-state index contributed by atoms with van der Waals surface area (Å²) in [6.07, 6.45) is 6.99. The van der Waals surface area contributed by atoms with Gasteiger partial charge in [0, 0.05) is 5.69 Å². The molecule has 4 heteroatoms. The Kier molecular flexibility index (Phi) is 18.9. The lowest BCUT2D eigenvalue weighted by atomic mass is 10.1. The Labute approximate surface area is 181 Å². The van der Waals surface area contributed by atoms with Gasteiger partial charge in [0.05, 0.1) is 13.2 Å². The molecule has 0 aliphatic carbocycles. The van der Waals surface area contributed by atoms with E-state index in [1.165, 1.54) is 19.3 Å². The number of ether oxygens (including phenoxy) is 1. The number of benzene rings is 1.